The minimum absolute atomic E-state index is 0.0196. The number of carbonyl (C=O) groups is 2. The molecule has 1 fully saturated rings. The number of nitrogens with zero attached hydrogens (tertiary/aromatic N) is 1. The molecule has 8 heteroatoms. The van der Waals surface area contributed by atoms with Crippen molar-refractivity contribution in [3.8, 4) is 5.75 Å². The fourth-order valence-corrected chi connectivity index (χ4v) is 7.35. The third kappa shape index (κ3) is 7.73. The summed E-state index contributed by atoms with van der Waals surface area (Å²) in [6.07, 6.45) is -0.257. The Kier molecular flexibility index (Phi) is 10.2. The van der Waals surface area contributed by atoms with Crippen LogP contribution in [0.3, 0.4) is 0 Å². The lowest BCUT2D eigenvalue weighted by Crippen LogP contribution is -2.52. The van der Waals surface area contributed by atoms with E-state index in [1.165, 1.54) is 0 Å². The van der Waals surface area contributed by atoms with Crippen LogP contribution in [-0.4, -0.2) is 69.9 Å². The van der Waals surface area contributed by atoms with E-state index in [1.807, 2.05) is 97.1 Å². The number of carbonyl (C=O) groups excluding carboxylic acids is 2. The van der Waals surface area contributed by atoms with Crippen LogP contribution in [0.25, 0.3) is 10.8 Å². The molecule has 1 aliphatic heterocycles. The van der Waals surface area contributed by atoms with Gasteiger partial charge in [0.25, 0.3) is 0 Å². The highest BCUT2D eigenvalue weighted by molar-refractivity contribution is 5.87. The van der Waals surface area contributed by atoms with E-state index in [4.69, 9.17) is 4.74 Å². The molecule has 0 spiro atoms. The summed E-state index contributed by atoms with van der Waals surface area (Å²) >= 11 is 0. The molecule has 1 saturated heterocycles. The second kappa shape index (κ2) is 14.5. The quantitative estimate of drug-likeness (QED) is 0.183. The fourth-order valence-electron chi connectivity index (χ4n) is 7.35. The van der Waals surface area contributed by atoms with Gasteiger partial charge in [0.2, 0.25) is 11.8 Å². The summed E-state index contributed by atoms with van der Waals surface area (Å²) in [6.45, 7) is 6.89. The van der Waals surface area contributed by atoms with Crippen molar-refractivity contribution >= 4 is 22.6 Å². The minimum Gasteiger partial charge on any atom is -0.489 e. The van der Waals surface area contributed by atoms with E-state index in [0.717, 1.165) is 33.2 Å². The van der Waals surface area contributed by atoms with Gasteiger partial charge in [0.1, 0.15) is 11.9 Å². The number of amides is 2. The Morgan fingerprint density at radius 3 is 2.44 bits per heavy atom. The van der Waals surface area contributed by atoms with Crippen LogP contribution < -0.4 is 15.4 Å². The Morgan fingerprint density at radius 1 is 0.938 bits per heavy atom. The molecule has 8 nitrogen and oxygen atoms in total. The van der Waals surface area contributed by atoms with Gasteiger partial charge >= 0.3 is 0 Å². The normalized spacial score (nSPS) is 22.2. The topological polar surface area (TPSA) is 111 Å². The van der Waals surface area contributed by atoms with Gasteiger partial charge in [-0.3, -0.25) is 14.5 Å². The molecule has 4 N–H and O–H groups in total. The highest BCUT2D eigenvalue weighted by Gasteiger charge is 2.43. The van der Waals surface area contributed by atoms with E-state index in [-0.39, 0.29) is 36.4 Å². The molecule has 4 aromatic carbocycles. The molecule has 0 bridgehead atoms. The average Bonchev–Trinajstić information content (AvgIpc) is 3.64. The molecule has 2 aliphatic rings. The van der Waals surface area contributed by atoms with E-state index in [0.29, 0.717) is 25.8 Å². The van der Waals surface area contributed by atoms with E-state index in [2.05, 4.69) is 36.3 Å². The third-order valence-electron chi connectivity index (χ3n) is 9.76. The van der Waals surface area contributed by atoms with Gasteiger partial charge in [0.05, 0.1) is 24.3 Å². The molecule has 4 aromatic rings. The number of ether oxygens (including phenoxy) is 1. The van der Waals surface area contributed by atoms with Gasteiger partial charge in [-0.05, 0) is 73.2 Å². The molecule has 6 atom stereocenters. The van der Waals surface area contributed by atoms with Crippen LogP contribution in [0.15, 0.2) is 97.1 Å². The van der Waals surface area contributed by atoms with Crippen LogP contribution in [-0.2, 0) is 22.4 Å². The summed E-state index contributed by atoms with van der Waals surface area (Å²) in [5.41, 5.74) is 2.69. The van der Waals surface area contributed by atoms with Crippen LogP contribution in [0.5, 0.6) is 5.75 Å². The number of hydrogen-bond acceptors (Lipinski definition) is 6. The lowest BCUT2D eigenvalue weighted by Gasteiger charge is -2.36. The molecule has 1 heterocycles. The second-order valence-corrected chi connectivity index (χ2v) is 14.3. The van der Waals surface area contributed by atoms with Crippen LogP contribution in [0, 0.1) is 5.92 Å². The number of likely N-dealkylation sites (tertiary alicyclic amines) is 1. The Morgan fingerprint density at radius 2 is 1.65 bits per heavy atom. The number of hydrogen-bond donors (Lipinski definition) is 4. The summed E-state index contributed by atoms with van der Waals surface area (Å²) in [7, 11) is 0. The number of rotatable bonds is 11. The predicted molar refractivity (Wildman–Crippen MR) is 188 cm³/mol. The molecule has 1 unspecified atom stereocenters. The maximum atomic E-state index is 14.0. The van der Waals surface area contributed by atoms with Gasteiger partial charge in [0, 0.05) is 37.4 Å². The number of nitrogens with one attached hydrogen (secondary N) is 2. The maximum absolute atomic E-state index is 14.0. The van der Waals surface area contributed by atoms with Crippen molar-refractivity contribution < 1.29 is 24.5 Å². The van der Waals surface area contributed by atoms with Gasteiger partial charge in [0.15, 0.2) is 0 Å². The standard InChI is InChI=1S/C40H47N3O5/c1-40(2,3)43-25-32(48-31-16-5-4-6-17-31)23-35(43)39(47)41-24-30(44)21-29(20-27-15-11-14-26-12-7-9-18-33(26)27)38(46)42-37-34-19-10-8-13-28(34)22-36(37)45/h4-19,29-30,32,35-37,44-45H,20-25H2,1-3H3,(H,41,47)(H,42,46)/t29-,30-,32-,35?,36+,37-/m0/s1. The smallest absolute Gasteiger partial charge is 0.237 e. The van der Waals surface area contributed by atoms with Crippen molar-refractivity contribution in [2.45, 2.75) is 82.4 Å². The Bertz CT molecular complexity index is 1720. The zero-order valence-electron chi connectivity index (χ0n) is 28.0. The molecule has 1 aliphatic carbocycles. The SMILES string of the molecule is CC(C)(C)N1C[C@@H](Oc2ccccc2)CC1C(=O)NC[C@@H](O)C[C@H](Cc1cccc2ccccc12)C(=O)N[C@H]1c2ccccc2C[C@H]1O. The van der Waals surface area contributed by atoms with Crippen molar-refractivity contribution in [2.24, 2.45) is 5.92 Å². The first-order chi connectivity index (χ1) is 23.1. The first kappa shape index (κ1) is 33.7. The van der Waals surface area contributed by atoms with Crippen LogP contribution in [0.2, 0.25) is 0 Å². The fraction of sp³-hybridized carbons (Fsp3) is 0.400. The molecule has 0 radical (unpaired) electrons. The minimum atomic E-state index is -0.957. The highest BCUT2D eigenvalue weighted by atomic mass is 16.5. The molecule has 2 amide bonds. The highest BCUT2D eigenvalue weighted by Crippen LogP contribution is 2.33. The second-order valence-electron chi connectivity index (χ2n) is 14.3. The average molecular weight is 650 g/mol. The van der Waals surface area contributed by atoms with Gasteiger partial charge in [-0.15, -0.1) is 0 Å². The van der Waals surface area contributed by atoms with Crippen molar-refractivity contribution in [1.82, 2.24) is 15.5 Å². The van der Waals surface area contributed by atoms with Crippen molar-refractivity contribution in [3.63, 3.8) is 0 Å². The van der Waals surface area contributed by atoms with Gasteiger partial charge in [-0.2, -0.15) is 0 Å². The summed E-state index contributed by atoms with van der Waals surface area (Å²) in [5.74, 6) is -0.214. The molecular weight excluding hydrogens is 602 g/mol. The molecule has 252 valence electrons. The first-order valence-corrected chi connectivity index (χ1v) is 17.0. The molecular formula is C40H47N3O5. The predicted octanol–water partition coefficient (Wildman–Crippen LogP) is 4.96. The molecule has 0 saturated carbocycles. The van der Waals surface area contributed by atoms with Gasteiger partial charge < -0.3 is 25.6 Å². The molecule has 48 heavy (non-hydrogen) atoms. The van der Waals surface area contributed by atoms with E-state index < -0.39 is 30.2 Å². The van der Waals surface area contributed by atoms with E-state index in [1.54, 1.807) is 0 Å². The number of para-hydroxylation sites is 1. The van der Waals surface area contributed by atoms with Crippen molar-refractivity contribution in [2.75, 3.05) is 13.1 Å². The summed E-state index contributed by atoms with van der Waals surface area (Å²) in [4.78, 5) is 29.8. The zero-order chi connectivity index (χ0) is 33.8. The largest absolute Gasteiger partial charge is 0.489 e. The lowest BCUT2D eigenvalue weighted by molar-refractivity contribution is -0.128. The van der Waals surface area contributed by atoms with Crippen LogP contribution >= 0.6 is 0 Å². The first-order valence-electron chi connectivity index (χ1n) is 17.0. The Balaban J connectivity index is 1.14. The number of fused-ring (bicyclic) bond motifs is 2. The van der Waals surface area contributed by atoms with E-state index in [9.17, 15) is 19.8 Å². The number of benzene rings is 4. The molecule has 0 aromatic heterocycles. The van der Waals surface area contributed by atoms with Crippen LogP contribution in [0.1, 0.15) is 56.3 Å². The molecule has 6 rings (SSSR count). The Hall–Kier alpha value is -4.24. The van der Waals surface area contributed by atoms with Gasteiger partial charge in [-0.25, -0.2) is 0 Å². The van der Waals surface area contributed by atoms with Crippen molar-refractivity contribution in [1.29, 1.82) is 0 Å². The summed E-state index contributed by atoms with van der Waals surface area (Å²) in [5, 5.41) is 30.4. The summed E-state index contributed by atoms with van der Waals surface area (Å²) in [6, 6.07) is 30.6. The maximum Gasteiger partial charge on any atom is 0.237 e. The lowest BCUT2D eigenvalue weighted by atomic mass is 9.89. The van der Waals surface area contributed by atoms with Crippen molar-refractivity contribution in [3.05, 3.63) is 114 Å². The monoisotopic (exact) mass is 649 g/mol. The van der Waals surface area contributed by atoms with E-state index >= 15 is 0 Å². The number of aliphatic hydroxyl groups excluding tert-OH is 2. The van der Waals surface area contributed by atoms with Crippen LogP contribution in [0.4, 0.5) is 0 Å². The summed E-state index contributed by atoms with van der Waals surface area (Å²) < 4.78 is 6.22. The third-order valence-corrected chi connectivity index (χ3v) is 9.76. The van der Waals surface area contributed by atoms with Gasteiger partial charge in [-0.1, -0.05) is 84.9 Å². The number of aliphatic hydroxyl groups is 2. The Labute approximate surface area is 283 Å². The zero-order valence-corrected chi connectivity index (χ0v) is 28.0.